The fraction of sp³-hybridized carbons (Fsp3) is 0.556. The van der Waals surface area contributed by atoms with Gasteiger partial charge in [-0.1, -0.05) is 12.1 Å². The van der Waals surface area contributed by atoms with E-state index in [1.165, 1.54) is 0 Å². The first-order chi connectivity index (χ1) is 11.5. The standard InChI is InChI=1S/C18H25NO5/c1-18(9-3-10-23-13-18)17(22)19-12-14-5-7-15(8-6-14)24-11-2-4-16(20)21/h5-8H,2-4,9-13H2,1H3,(H,19,22)(H,20,21). The number of amides is 1. The van der Waals surface area contributed by atoms with Crippen LogP contribution >= 0.6 is 0 Å². The number of carboxylic acids is 1. The Kier molecular flexibility index (Phi) is 6.61. The summed E-state index contributed by atoms with van der Waals surface area (Å²) in [6, 6.07) is 7.44. The van der Waals surface area contributed by atoms with E-state index < -0.39 is 11.4 Å². The molecule has 1 aliphatic rings. The number of hydrogen-bond donors (Lipinski definition) is 2. The molecule has 0 radical (unpaired) electrons. The maximum Gasteiger partial charge on any atom is 0.303 e. The van der Waals surface area contributed by atoms with Gasteiger partial charge in [-0.25, -0.2) is 0 Å². The molecule has 0 bridgehead atoms. The molecule has 24 heavy (non-hydrogen) atoms. The zero-order valence-corrected chi connectivity index (χ0v) is 14.0. The van der Waals surface area contributed by atoms with E-state index in [1.54, 1.807) is 0 Å². The molecule has 132 valence electrons. The summed E-state index contributed by atoms with van der Waals surface area (Å²) >= 11 is 0. The second-order valence-corrected chi connectivity index (χ2v) is 6.39. The number of nitrogens with one attached hydrogen (secondary N) is 1. The first-order valence-corrected chi connectivity index (χ1v) is 8.29. The van der Waals surface area contributed by atoms with Gasteiger partial charge in [0.15, 0.2) is 0 Å². The molecule has 6 heteroatoms. The van der Waals surface area contributed by atoms with Crippen LogP contribution in [0.5, 0.6) is 5.75 Å². The van der Waals surface area contributed by atoms with Crippen molar-refractivity contribution in [1.82, 2.24) is 5.32 Å². The third kappa shape index (κ3) is 5.53. The molecule has 0 saturated carbocycles. The summed E-state index contributed by atoms with van der Waals surface area (Å²) < 4.78 is 10.9. The first-order valence-electron chi connectivity index (χ1n) is 8.29. The Labute approximate surface area is 142 Å². The van der Waals surface area contributed by atoms with Crippen LogP contribution in [-0.2, 0) is 20.9 Å². The molecule has 1 aromatic rings. The summed E-state index contributed by atoms with van der Waals surface area (Å²) in [6.45, 7) is 3.99. The van der Waals surface area contributed by atoms with Crippen LogP contribution in [0.25, 0.3) is 0 Å². The molecule has 6 nitrogen and oxygen atoms in total. The van der Waals surface area contributed by atoms with Gasteiger partial charge in [-0.15, -0.1) is 0 Å². The minimum atomic E-state index is -0.818. The highest BCUT2D eigenvalue weighted by molar-refractivity contribution is 5.82. The minimum Gasteiger partial charge on any atom is -0.494 e. The molecule has 0 aromatic heterocycles. The monoisotopic (exact) mass is 335 g/mol. The molecule has 1 aromatic carbocycles. The Morgan fingerprint density at radius 2 is 2.08 bits per heavy atom. The minimum absolute atomic E-state index is 0.0243. The number of hydrogen-bond acceptors (Lipinski definition) is 4. The fourth-order valence-electron chi connectivity index (χ4n) is 2.63. The summed E-state index contributed by atoms with van der Waals surface area (Å²) in [4.78, 5) is 22.7. The van der Waals surface area contributed by atoms with E-state index in [2.05, 4.69) is 5.32 Å². The molecule has 1 atom stereocenters. The number of carboxylic acid groups (broad SMARTS) is 1. The predicted octanol–water partition coefficient (Wildman–Crippen LogP) is 2.36. The third-order valence-electron chi connectivity index (χ3n) is 4.17. The van der Waals surface area contributed by atoms with E-state index in [0.29, 0.717) is 31.9 Å². The Bertz CT molecular complexity index is 549. The first kappa shape index (κ1) is 18.3. The van der Waals surface area contributed by atoms with Crippen molar-refractivity contribution >= 4 is 11.9 Å². The molecule has 2 rings (SSSR count). The normalized spacial score (nSPS) is 20.4. The van der Waals surface area contributed by atoms with Crippen LogP contribution in [0, 0.1) is 5.41 Å². The molecule has 1 amide bonds. The Hall–Kier alpha value is -2.08. The molecule has 0 spiro atoms. The molecule has 1 fully saturated rings. The molecular formula is C18H25NO5. The van der Waals surface area contributed by atoms with Crippen molar-refractivity contribution in [2.45, 2.75) is 39.2 Å². The van der Waals surface area contributed by atoms with Gasteiger partial charge in [0.2, 0.25) is 5.91 Å². The predicted molar refractivity (Wildman–Crippen MR) is 88.8 cm³/mol. The third-order valence-corrected chi connectivity index (χ3v) is 4.17. The van der Waals surface area contributed by atoms with Gasteiger partial charge in [0.1, 0.15) is 5.75 Å². The van der Waals surface area contributed by atoms with Crippen molar-refractivity contribution < 1.29 is 24.2 Å². The smallest absolute Gasteiger partial charge is 0.303 e. The topological polar surface area (TPSA) is 84.9 Å². The molecule has 1 unspecified atom stereocenters. The number of carbonyl (C=O) groups excluding carboxylic acids is 1. The summed E-state index contributed by atoms with van der Waals surface area (Å²) in [5, 5.41) is 11.5. The quantitative estimate of drug-likeness (QED) is 0.713. The number of ether oxygens (including phenoxy) is 2. The van der Waals surface area contributed by atoms with E-state index >= 15 is 0 Å². The van der Waals surface area contributed by atoms with Crippen LogP contribution in [0.2, 0.25) is 0 Å². The Morgan fingerprint density at radius 3 is 2.71 bits per heavy atom. The molecular weight excluding hydrogens is 310 g/mol. The van der Waals surface area contributed by atoms with Crippen LogP contribution in [-0.4, -0.2) is 36.8 Å². The van der Waals surface area contributed by atoms with E-state index in [4.69, 9.17) is 14.6 Å². The lowest BCUT2D eigenvalue weighted by Crippen LogP contribution is -2.44. The Balaban J connectivity index is 1.75. The number of benzene rings is 1. The molecule has 0 aliphatic carbocycles. The van der Waals surface area contributed by atoms with Crippen LogP contribution < -0.4 is 10.1 Å². The van der Waals surface area contributed by atoms with Gasteiger partial charge in [-0.2, -0.15) is 0 Å². The van der Waals surface area contributed by atoms with Crippen molar-refractivity contribution in [3.63, 3.8) is 0 Å². The zero-order valence-electron chi connectivity index (χ0n) is 14.0. The largest absolute Gasteiger partial charge is 0.494 e. The Morgan fingerprint density at radius 1 is 1.33 bits per heavy atom. The van der Waals surface area contributed by atoms with Crippen LogP contribution in [0.3, 0.4) is 0 Å². The van der Waals surface area contributed by atoms with E-state index in [9.17, 15) is 9.59 Å². The van der Waals surface area contributed by atoms with Crippen molar-refractivity contribution in [2.75, 3.05) is 19.8 Å². The van der Waals surface area contributed by atoms with Gasteiger partial charge < -0.3 is 19.9 Å². The maximum atomic E-state index is 12.3. The van der Waals surface area contributed by atoms with Gasteiger partial charge in [0.25, 0.3) is 0 Å². The highest BCUT2D eigenvalue weighted by Crippen LogP contribution is 2.28. The van der Waals surface area contributed by atoms with E-state index in [-0.39, 0.29) is 12.3 Å². The molecule has 2 N–H and O–H groups in total. The van der Waals surface area contributed by atoms with Crippen molar-refractivity contribution in [3.05, 3.63) is 29.8 Å². The van der Waals surface area contributed by atoms with Crippen LogP contribution in [0.4, 0.5) is 0 Å². The lowest BCUT2D eigenvalue weighted by atomic mass is 9.84. The second kappa shape index (κ2) is 8.68. The maximum absolute atomic E-state index is 12.3. The van der Waals surface area contributed by atoms with Crippen molar-refractivity contribution in [3.8, 4) is 5.75 Å². The van der Waals surface area contributed by atoms with Crippen LogP contribution in [0.15, 0.2) is 24.3 Å². The summed E-state index contributed by atoms with van der Waals surface area (Å²) in [5.41, 5.74) is 0.549. The number of aliphatic carboxylic acids is 1. The van der Waals surface area contributed by atoms with Gasteiger partial charge in [-0.3, -0.25) is 9.59 Å². The summed E-state index contributed by atoms with van der Waals surface area (Å²) in [7, 11) is 0. The van der Waals surface area contributed by atoms with Gasteiger partial charge in [-0.05, 0) is 43.9 Å². The van der Waals surface area contributed by atoms with E-state index in [0.717, 1.165) is 25.0 Å². The van der Waals surface area contributed by atoms with Crippen molar-refractivity contribution in [1.29, 1.82) is 0 Å². The van der Waals surface area contributed by atoms with Gasteiger partial charge in [0, 0.05) is 19.6 Å². The second-order valence-electron chi connectivity index (χ2n) is 6.39. The number of carbonyl (C=O) groups is 2. The summed E-state index contributed by atoms with van der Waals surface area (Å²) in [5.74, 6) is -0.0962. The average molecular weight is 335 g/mol. The molecule has 1 aliphatic heterocycles. The van der Waals surface area contributed by atoms with Gasteiger partial charge in [0.05, 0.1) is 18.6 Å². The SMILES string of the molecule is CC1(C(=O)NCc2ccc(OCCCC(=O)O)cc2)CCCOC1. The highest BCUT2D eigenvalue weighted by atomic mass is 16.5. The molecule has 1 saturated heterocycles. The van der Waals surface area contributed by atoms with Crippen molar-refractivity contribution in [2.24, 2.45) is 5.41 Å². The highest BCUT2D eigenvalue weighted by Gasteiger charge is 2.35. The summed E-state index contributed by atoms with van der Waals surface area (Å²) in [6.07, 6.45) is 2.35. The lowest BCUT2D eigenvalue weighted by Gasteiger charge is -2.31. The van der Waals surface area contributed by atoms with Gasteiger partial charge >= 0.3 is 5.97 Å². The van der Waals surface area contributed by atoms with Crippen LogP contribution in [0.1, 0.15) is 38.2 Å². The zero-order chi connectivity index (χ0) is 17.4. The van der Waals surface area contributed by atoms with E-state index in [1.807, 2.05) is 31.2 Å². The lowest BCUT2D eigenvalue weighted by molar-refractivity contribution is -0.138. The molecule has 1 heterocycles. The fourth-order valence-corrected chi connectivity index (χ4v) is 2.63. The number of rotatable bonds is 8. The average Bonchev–Trinajstić information content (AvgIpc) is 2.58.